The van der Waals surface area contributed by atoms with Crippen molar-refractivity contribution in [1.82, 2.24) is 4.90 Å². The van der Waals surface area contributed by atoms with Gasteiger partial charge in [0.1, 0.15) is 5.00 Å². The molecule has 1 aromatic carbocycles. The maximum atomic E-state index is 12.9. The summed E-state index contributed by atoms with van der Waals surface area (Å²) in [6.07, 6.45) is 0. The normalized spacial score (nSPS) is 10.4. The van der Waals surface area contributed by atoms with E-state index in [2.05, 4.69) is 42.5 Å². The number of nitrogens with zero attached hydrogens (tertiary/aromatic N) is 1. The standard InChI is InChI=1S/C19H21Br2N3O3S2/c1-5-24(6-2)17(25)15-10(3)14(18(26)27-4)16(29-15)23-19(28)22-13-8-7-11(20)9-12(13)21/h7-9H,5-6H2,1-4H3,(H2,22,23,28). The number of nitrogens with one attached hydrogen (secondary N) is 2. The lowest BCUT2D eigenvalue weighted by atomic mass is 10.1. The molecule has 2 aromatic rings. The average Bonchev–Trinajstić information content (AvgIpc) is 3.00. The number of carbonyl (C=O) groups is 2. The number of rotatable bonds is 6. The molecule has 1 amide bonds. The Morgan fingerprint density at radius 1 is 1.21 bits per heavy atom. The summed E-state index contributed by atoms with van der Waals surface area (Å²) < 4.78 is 6.67. The molecule has 0 saturated carbocycles. The van der Waals surface area contributed by atoms with Crippen LogP contribution in [0.25, 0.3) is 0 Å². The van der Waals surface area contributed by atoms with Crippen LogP contribution in [0.3, 0.4) is 0 Å². The molecule has 10 heteroatoms. The number of thiocarbonyl (C=S) groups is 1. The predicted octanol–water partition coefficient (Wildman–Crippen LogP) is 5.66. The van der Waals surface area contributed by atoms with Gasteiger partial charge in [0.15, 0.2) is 5.11 Å². The molecule has 0 unspecified atom stereocenters. The second-order valence-corrected chi connectivity index (χ2v) is 9.13. The lowest BCUT2D eigenvalue weighted by molar-refractivity contribution is 0.0601. The van der Waals surface area contributed by atoms with Crippen LogP contribution in [0.5, 0.6) is 0 Å². The molecule has 29 heavy (non-hydrogen) atoms. The zero-order chi connectivity index (χ0) is 21.7. The Bertz CT molecular complexity index is 943. The van der Waals surface area contributed by atoms with Crippen molar-refractivity contribution in [1.29, 1.82) is 0 Å². The fourth-order valence-electron chi connectivity index (χ4n) is 2.66. The zero-order valence-corrected chi connectivity index (χ0v) is 21.2. The minimum absolute atomic E-state index is 0.120. The highest BCUT2D eigenvalue weighted by Crippen LogP contribution is 2.35. The molecule has 0 aliphatic rings. The molecule has 0 radical (unpaired) electrons. The molecule has 1 heterocycles. The number of esters is 1. The SMILES string of the molecule is CCN(CC)C(=O)c1sc(NC(=S)Nc2ccc(Br)cc2Br)c(C(=O)OC)c1C. The van der Waals surface area contributed by atoms with Crippen molar-refractivity contribution in [3.05, 3.63) is 43.1 Å². The van der Waals surface area contributed by atoms with Crippen LogP contribution < -0.4 is 10.6 Å². The summed E-state index contributed by atoms with van der Waals surface area (Å²) in [5.41, 5.74) is 1.65. The molecule has 2 N–H and O–H groups in total. The number of methoxy groups -OCH3 is 1. The van der Waals surface area contributed by atoms with Crippen LogP contribution in [0.15, 0.2) is 27.1 Å². The summed E-state index contributed by atoms with van der Waals surface area (Å²) in [5, 5.41) is 6.89. The van der Waals surface area contributed by atoms with E-state index in [1.54, 1.807) is 11.8 Å². The van der Waals surface area contributed by atoms with Crippen LogP contribution in [0.1, 0.15) is 39.4 Å². The van der Waals surface area contributed by atoms with E-state index in [-0.39, 0.29) is 5.91 Å². The first-order valence-electron chi connectivity index (χ1n) is 8.77. The number of benzene rings is 1. The van der Waals surface area contributed by atoms with Gasteiger partial charge in [-0.1, -0.05) is 15.9 Å². The number of amides is 1. The van der Waals surface area contributed by atoms with E-state index in [9.17, 15) is 9.59 Å². The van der Waals surface area contributed by atoms with Gasteiger partial charge >= 0.3 is 5.97 Å². The van der Waals surface area contributed by atoms with E-state index in [4.69, 9.17) is 17.0 Å². The van der Waals surface area contributed by atoms with Gasteiger partial charge in [0.05, 0.1) is 23.2 Å². The Morgan fingerprint density at radius 3 is 2.41 bits per heavy atom. The third kappa shape index (κ3) is 5.56. The molecular weight excluding hydrogens is 542 g/mol. The number of hydrogen-bond acceptors (Lipinski definition) is 5. The van der Waals surface area contributed by atoms with Crippen LogP contribution >= 0.6 is 55.4 Å². The second kappa shape index (κ2) is 10.5. The maximum Gasteiger partial charge on any atom is 0.341 e. The van der Waals surface area contributed by atoms with Crippen LogP contribution in [0, 0.1) is 6.92 Å². The monoisotopic (exact) mass is 561 g/mol. The Balaban J connectivity index is 2.35. The summed E-state index contributed by atoms with van der Waals surface area (Å²) in [6.45, 7) is 6.74. The van der Waals surface area contributed by atoms with Crippen LogP contribution in [-0.4, -0.2) is 42.1 Å². The summed E-state index contributed by atoms with van der Waals surface area (Å²) in [7, 11) is 1.31. The highest BCUT2D eigenvalue weighted by Gasteiger charge is 2.27. The van der Waals surface area contributed by atoms with Gasteiger partial charge < -0.3 is 20.3 Å². The molecule has 0 fully saturated rings. The minimum Gasteiger partial charge on any atom is -0.465 e. The Hall–Kier alpha value is -1.49. The molecule has 1 aromatic heterocycles. The maximum absolute atomic E-state index is 12.9. The Kier molecular flexibility index (Phi) is 8.62. The topological polar surface area (TPSA) is 70.7 Å². The second-order valence-electron chi connectivity index (χ2n) is 5.93. The third-order valence-corrected chi connectivity index (χ3v) is 6.74. The quantitative estimate of drug-likeness (QED) is 0.350. The number of thiophene rings is 1. The van der Waals surface area contributed by atoms with E-state index in [1.165, 1.54) is 18.4 Å². The van der Waals surface area contributed by atoms with Gasteiger partial charge in [0.25, 0.3) is 5.91 Å². The molecule has 0 atom stereocenters. The fourth-order valence-corrected chi connectivity index (χ4v) is 5.25. The fraction of sp³-hybridized carbons (Fsp3) is 0.316. The van der Waals surface area contributed by atoms with E-state index in [0.29, 0.717) is 39.2 Å². The van der Waals surface area contributed by atoms with Gasteiger partial charge in [-0.05, 0) is 72.7 Å². The number of anilines is 2. The summed E-state index contributed by atoms with van der Waals surface area (Å²) in [5.74, 6) is -0.641. The van der Waals surface area contributed by atoms with Gasteiger partial charge in [-0.15, -0.1) is 11.3 Å². The van der Waals surface area contributed by atoms with Crippen molar-refractivity contribution in [2.45, 2.75) is 20.8 Å². The van der Waals surface area contributed by atoms with Gasteiger partial charge in [0.2, 0.25) is 0 Å². The molecule has 0 bridgehead atoms. The van der Waals surface area contributed by atoms with Gasteiger partial charge in [-0.3, -0.25) is 4.79 Å². The van der Waals surface area contributed by atoms with Crippen molar-refractivity contribution in [3.8, 4) is 0 Å². The summed E-state index contributed by atoms with van der Waals surface area (Å²) >= 11 is 13.5. The summed E-state index contributed by atoms with van der Waals surface area (Å²) in [6, 6.07) is 5.63. The Morgan fingerprint density at radius 2 is 1.86 bits per heavy atom. The first-order valence-corrected chi connectivity index (χ1v) is 11.6. The van der Waals surface area contributed by atoms with Crippen molar-refractivity contribution in [2.75, 3.05) is 30.8 Å². The molecule has 0 spiro atoms. The number of carbonyl (C=O) groups excluding carboxylic acids is 2. The number of ether oxygens (including phenoxy) is 1. The average molecular weight is 563 g/mol. The predicted molar refractivity (Wildman–Crippen MR) is 129 cm³/mol. The van der Waals surface area contributed by atoms with Crippen molar-refractivity contribution < 1.29 is 14.3 Å². The third-order valence-electron chi connectivity index (χ3n) is 4.19. The van der Waals surface area contributed by atoms with Gasteiger partial charge in [-0.2, -0.15) is 0 Å². The Labute approximate surface area is 196 Å². The van der Waals surface area contributed by atoms with Crippen molar-refractivity contribution in [3.63, 3.8) is 0 Å². The van der Waals surface area contributed by atoms with Crippen LogP contribution in [-0.2, 0) is 4.74 Å². The molecule has 156 valence electrons. The van der Waals surface area contributed by atoms with E-state index < -0.39 is 5.97 Å². The highest BCUT2D eigenvalue weighted by molar-refractivity contribution is 9.11. The van der Waals surface area contributed by atoms with E-state index >= 15 is 0 Å². The number of halogens is 2. The lowest BCUT2D eigenvalue weighted by Crippen LogP contribution is -2.30. The first kappa shape index (κ1) is 23.8. The molecule has 6 nitrogen and oxygen atoms in total. The molecule has 2 rings (SSSR count). The smallest absolute Gasteiger partial charge is 0.341 e. The van der Waals surface area contributed by atoms with Gasteiger partial charge in [0, 0.05) is 22.0 Å². The van der Waals surface area contributed by atoms with E-state index in [1.807, 2.05) is 32.0 Å². The highest BCUT2D eigenvalue weighted by atomic mass is 79.9. The van der Waals surface area contributed by atoms with E-state index in [0.717, 1.165) is 14.6 Å². The van der Waals surface area contributed by atoms with Crippen molar-refractivity contribution >= 4 is 83.1 Å². The van der Waals surface area contributed by atoms with Gasteiger partial charge in [-0.25, -0.2) is 4.79 Å². The van der Waals surface area contributed by atoms with Crippen LogP contribution in [0.4, 0.5) is 10.7 Å². The lowest BCUT2D eigenvalue weighted by Gasteiger charge is -2.18. The van der Waals surface area contributed by atoms with Crippen molar-refractivity contribution in [2.24, 2.45) is 0 Å². The largest absolute Gasteiger partial charge is 0.465 e. The minimum atomic E-state index is -0.521. The molecular formula is C19H21Br2N3O3S2. The molecule has 0 aliphatic carbocycles. The first-order chi connectivity index (χ1) is 13.7. The van der Waals surface area contributed by atoms with Crippen LogP contribution in [0.2, 0.25) is 0 Å². The number of hydrogen-bond donors (Lipinski definition) is 2. The zero-order valence-electron chi connectivity index (χ0n) is 16.4. The molecule has 0 aliphatic heterocycles. The molecule has 0 saturated heterocycles. The summed E-state index contributed by atoms with van der Waals surface area (Å²) in [4.78, 5) is 27.4.